The summed E-state index contributed by atoms with van der Waals surface area (Å²) in [6.07, 6.45) is -4.16. The summed E-state index contributed by atoms with van der Waals surface area (Å²) >= 11 is 0. The second-order valence-electron chi connectivity index (χ2n) is 10.0. The van der Waals surface area contributed by atoms with E-state index >= 15 is 0 Å². The minimum absolute atomic E-state index is 0.139. The predicted octanol–water partition coefficient (Wildman–Crippen LogP) is 8.24. The van der Waals surface area contributed by atoms with Gasteiger partial charge in [0.05, 0.1) is 22.2 Å². The molecule has 0 bridgehead atoms. The minimum Gasteiger partial charge on any atom is -0.242 e. The highest BCUT2D eigenvalue weighted by atomic mass is 32.2. The molecule has 2 heterocycles. The van der Waals surface area contributed by atoms with E-state index in [-0.39, 0.29) is 10.7 Å². The van der Waals surface area contributed by atoms with Gasteiger partial charge < -0.3 is 0 Å². The zero-order valence-corrected chi connectivity index (χ0v) is 22.8. The lowest BCUT2D eigenvalue weighted by Gasteiger charge is -2.27. The fourth-order valence-corrected chi connectivity index (χ4v) is 6.87. The van der Waals surface area contributed by atoms with E-state index in [4.69, 9.17) is 4.98 Å². The summed E-state index contributed by atoms with van der Waals surface area (Å²) in [6.45, 7) is 1.89. The molecule has 0 aliphatic carbocycles. The van der Waals surface area contributed by atoms with Gasteiger partial charge in [-0.3, -0.25) is 0 Å². The third-order valence-corrected chi connectivity index (χ3v) is 9.16. The van der Waals surface area contributed by atoms with E-state index in [9.17, 15) is 21.6 Å². The quantitative estimate of drug-likeness (QED) is 0.214. The van der Waals surface area contributed by atoms with Crippen LogP contribution in [-0.2, 0) is 22.6 Å². The van der Waals surface area contributed by atoms with Crippen LogP contribution in [-0.4, -0.2) is 13.4 Å². The Labute approximate surface area is 236 Å². The Morgan fingerprint density at radius 3 is 2.00 bits per heavy atom. The van der Waals surface area contributed by atoms with Crippen LogP contribution in [0.2, 0.25) is 0 Å². The second-order valence-corrected chi connectivity index (χ2v) is 11.9. The molecule has 5 aromatic rings. The summed E-state index contributed by atoms with van der Waals surface area (Å²) in [5.74, 6) is 0.274. The third kappa shape index (κ3) is 5.00. The molecule has 206 valence electrons. The first kappa shape index (κ1) is 26.8. The molecule has 41 heavy (non-hydrogen) atoms. The maximum Gasteiger partial charge on any atom is 0.416 e. The van der Waals surface area contributed by atoms with Crippen LogP contribution in [0.15, 0.2) is 120 Å². The molecular formula is C33H25F3N2O2S. The van der Waals surface area contributed by atoms with Crippen LogP contribution >= 0.6 is 0 Å². The lowest BCUT2D eigenvalue weighted by molar-refractivity contribution is -0.137. The van der Waals surface area contributed by atoms with Gasteiger partial charge in [-0.25, -0.2) is 17.7 Å². The summed E-state index contributed by atoms with van der Waals surface area (Å²) in [5, 5.41) is 0. The topological polar surface area (TPSA) is 50.3 Å². The van der Waals surface area contributed by atoms with E-state index in [1.807, 2.05) is 73.7 Å². The van der Waals surface area contributed by atoms with Crippen molar-refractivity contribution in [2.75, 3.05) is 4.31 Å². The molecule has 8 heteroatoms. The van der Waals surface area contributed by atoms with Crippen LogP contribution in [0.3, 0.4) is 0 Å². The highest BCUT2D eigenvalue weighted by Crippen LogP contribution is 2.48. The second kappa shape index (κ2) is 10.2. The molecule has 4 nitrogen and oxygen atoms in total. The van der Waals surface area contributed by atoms with Gasteiger partial charge in [-0.2, -0.15) is 13.2 Å². The van der Waals surface area contributed by atoms with Gasteiger partial charge in [0, 0.05) is 17.5 Å². The lowest BCUT2D eigenvalue weighted by Crippen LogP contribution is -2.32. The maximum absolute atomic E-state index is 14.3. The smallest absolute Gasteiger partial charge is 0.242 e. The van der Waals surface area contributed by atoms with Gasteiger partial charge in [0.1, 0.15) is 5.82 Å². The molecule has 0 N–H and O–H groups in total. The molecule has 1 aliphatic heterocycles. The number of anilines is 1. The highest BCUT2D eigenvalue weighted by Gasteiger charge is 2.42. The zero-order chi connectivity index (χ0) is 28.8. The number of fused-ring (bicyclic) bond motifs is 1. The van der Waals surface area contributed by atoms with Gasteiger partial charge in [0.15, 0.2) is 0 Å². The number of rotatable bonds is 5. The molecule has 4 aromatic carbocycles. The number of benzene rings is 4. The SMILES string of the molecule is Cc1ccc(S(=O)(=O)N2c3nc(-c4ccccc4)cc(-c4ccc(C(F)(F)F)cc4)c3CC2c2ccccc2)cc1. The van der Waals surface area contributed by atoms with Gasteiger partial charge in [-0.1, -0.05) is 90.5 Å². The minimum atomic E-state index is -4.47. The number of pyridine rings is 1. The molecule has 0 spiro atoms. The summed E-state index contributed by atoms with van der Waals surface area (Å²) in [4.78, 5) is 5.04. The van der Waals surface area contributed by atoms with Gasteiger partial charge in [-0.15, -0.1) is 0 Å². The summed E-state index contributed by atoms with van der Waals surface area (Å²) < 4.78 is 70.0. The Morgan fingerprint density at radius 1 is 0.780 bits per heavy atom. The Kier molecular flexibility index (Phi) is 6.66. The van der Waals surface area contributed by atoms with Crippen molar-refractivity contribution in [1.29, 1.82) is 0 Å². The van der Waals surface area contributed by atoms with Crippen LogP contribution in [0.1, 0.15) is 28.3 Å². The van der Waals surface area contributed by atoms with E-state index in [1.54, 1.807) is 24.3 Å². The van der Waals surface area contributed by atoms with Crippen LogP contribution in [0.4, 0.5) is 19.0 Å². The van der Waals surface area contributed by atoms with Crippen LogP contribution in [0.5, 0.6) is 0 Å². The van der Waals surface area contributed by atoms with E-state index < -0.39 is 27.8 Å². The van der Waals surface area contributed by atoms with E-state index in [0.717, 1.165) is 28.8 Å². The predicted molar refractivity (Wildman–Crippen MR) is 154 cm³/mol. The lowest BCUT2D eigenvalue weighted by atomic mass is 9.94. The molecule has 1 atom stereocenters. The van der Waals surface area contributed by atoms with Crippen molar-refractivity contribution in [3.63, 3.8) is 0 Å². The average Bonchev–Trinajstić information content (AvgIpc) is 3.38. The first-order chi connectivity index (χ1) is 19.6. The van der Waals surface area contributed by atoms with Crippen molar-refractivity contribution < 1.29 is 21.6 Å². The van der Waals surface area contributed by atoms with Crippen LogP contribution in [0, 0.1) is 6.92 Å². The van der Waals surface area contributed by atoms with Crippen molar-refractivity contribution in [1.82, 2.24) is 4.98 Å². The molecular weight excluding hydrogens is 545 g/mol. The standard InChI is InChI=1S/C33H25F3N2O2S/c1-22-12-18-27(19-13-22)41(39,40)38-31(25-10-6-3-7-11-25)21-29-28(23-14-16-26(17-15-23)33(34,35)36)20-30(37-32(29)38)24-8-4-2-5-9-24/h2-20,31H,21H2,1H3. The number of hydrogen-bond donors (Lipinski definition) is 0. The van der Waals surface area contributed by atoms with E-state index in [2.05, 4.69) is 0 Å². The fourth-order valence-electron chi connectivity index (χ4n) is 5.25. The summed E-state index contributed by atoms with van der Waals surface area (Å²) in [7, 11) is -4.07. The number of sulfonamides is 1. The van der Waals surface area contributed by atoms with E-state index in [1.165, 1.54) is 16.4 Å². The van der Waals surface area contributed by atoms with Crippen molar-refractivity contribution in [2.24, 2.45) is 0 Å². The van der Waals surface area contributed by atoms with Crippen molar-refractivity contribution in [3.8, 4) is 22.4 Å². The number of hydrogen-bond acceptors (Lipinski definition) is 3. The summed E-state index contributed by atoms with van der Waals surface area (Å²) in [6, 6.07) is 31.5. The first-order valence-corrected chi connectivity index (χ1v) is 14.5. The molecule has 1 aliphatic rings. The fraction of sp³-hybridized carbons (Fsp3) is 0.121. The number of nitrogens with zero attached hydrogens (tertiary/aromatic N) is 2. The molecule has 0 fully saturated rings. The normalized spacial score (nSPS) is 15.1. The van der Waals surface area contributed by atoms with Crippen molar-refractivity contribution in [2.45, 2.75) is 30.5 Å². The number of aromatic nitrogens is 1. The van der Waals surface area contributed by atoms with Crippen LogP contribution in [0.25, 0.3) is 22.4 Å². The Balaban J connectivity index is 1.60. The number of halogens is 3. The van der Waals surface area contributed by atoms with Gasteiger partial charge >= 0.3 is 6.18 Å². The van der Waals surface area contributed by atoms with Crippen molar-refractivity contribution >= 4 is 15.8 Å². The highest BCUT2D eigenvalue weighted by molar-refractivity contribution is 7.92. The molecule has 6 rings (SSSR count). The van der Waals surface area contributed by atoms with E-state index in [0.29, 0.717) is 28.8 Å². The molecule has 0 amide bonds. The van der Waals surface area contributed by atoms with Gasteiger partial charge in [0.2, 0.25) is 0 Å². The molecule has 0 radical (unpaired) electrons. The largest absolute Gasteiger partial charge is 0.416 e. The Hall–Kier alpha value is -4.43. The third-order valence-electron chi connectivity index (χ3n) is 7.35. The molecule has 1 aromatic heterocycles. The first-order valence-electron chi connectivity index (χ1n) is 13.1. The zero-order valence-electron chi connectivity index (χ0n) is 22.0. The van der Waals surface area contributed by atoms with Gasteiger partial charge in [0.25, 0.3) is 10.0 Å². The molecule has 0 saturated heterocycles. The Bertz CT molecular complexity index is 1810. The monoisotopic (exact) mass is 570 g/mol. The number of aryl methyl sites for hydroxylation is 1. The van der Waals surface area contributed by atoms with Crippen LogP contribution < -0.4 is 4.31 Å². The molecule has 0 saturated carbocycles. The maximum atomic E-state index is 14.3. The molecule has 1 unspecified atom stereocenters. The van der Waals surface area contributed by atoms with Crippen molar-refractivity contribution in [3.05, 3.63) is 138 Å². The number of alkyl halides is 3. The summed E-state index contributed by atoms with van der Waals surface area (Å²) in [5.41, 5.74) is 4.12. The Morgan fingerprint density at radius 2 is 1.39 bits per heavy atom. The average molecular weight is 571 g/mol. The van der Waals surface area contributed by atoms with Gasteiger partial charge in [-0.05, 0) is 53.9 Å².